The number of allylic oxidation sites excluding steroid dienone is 1. The monoisotopic (exact) mass is 390 g/mol. The van der Waals surface area contributed by atoms with Crippen LogP contribution < -0.4 is 15.4 Å². The molecule has 0 amide bonds. The van der Waals surface area contributed by atoms with Gasteiger partial charge in [0, 0.05) is 19.7 Å². The Hall–Kier alpha value is -3.99. The lowest BCUT2D eigenvalue weighted by Gasteiger charge is -2.11. The number of halogens is 1. The molecule has 3 aromatic rings. The van der Waals surface area contributed by atoms with Gasteiger partial charge in [-0.3, -0.25) is 0 Å². The highest BCUT2D eigenvalue weighted by atomic mass is 19.1. The van der Waals surface area contributed by atoms with Gasteiger partial charge in [0.25, 0.3) is 0 Å². The minimum Gasteiger partial charge on any atom is -0.489 e. The third-order valence-electron chi connectivity index (χ3n) is 3.95. The number of nitriles is 1. The van der Waals surface area contributed by atoms with E-state index in [1.165, 1.54) is 6.07 Å². The summed E-state index contributed by atoms with van der Waals surface area (Å²) in [6, 6.07) is 15.6. The van der Waals surface area contributed by atoms with Crippen molar-refractivity contribution in [1.29, 1.82) is 5.26 Å². The summed E-state index contributed by atoms with van der Waals surface area (Å²) < 4.78 is 19.3. The largest absolute Gasteiger partial charge is 0.489 e. The Morgan fingerprint density at radius 1 is 1.14 bits per heavy atom. The van der Waals surface area contributed by atoms with Crippen molar-refractivity contribution in [2.45, 2.75) is 6.61 Å². The summed E-state index contributed by atoms with van der Waals surface area (Å²) in [6.45, 7) is 0.128. The van der Waals surface area contributed by atoms with Gasteiger partial charge in [0.15, 0.2) is 5.82 Å². The van der Waals surface area contributed by atoms with E-state index in [-0.39, 0.29) is 29.8 Å². The van der Waals surface area contributed by atoms with Gasteiger partial charge in [-0.15, -0.1) is 0 Å². The maximum atomic E-state index is 13.7. The van der Waals surface area contributed by atoms with Crippen molar-refractivity contribution in [3.63, 3.8) is 0 Å². The molecule has 8 heteroatoms. The van der Waals surface area contributed by atoms with E-state index in [9.17, 15) is 9.65 Å². The highest BCUT2D eigenvalue weighted by molar-refractivity contribution is 5.87. The molecular weight excluding hydrogens is 371 g/mol. The fraction of sp³-hybridized carbons (Fsp3) is 0.143. The smallest absolute Gasteiger partial charge is 0.230 e. The lowest BCUT2D eigenvalue weighted by Crippen LogP contribution is -2.15. The van der Waals surface area contributed by atoms with Gasteiger partial charge in [0.2, 0.25) is 11.9 Å². The molecule has 0 unspecified atom stereocenters. The van der Waals surface area contributed by atoms with Gasteiger partial charge < -0.3 is 15.4 Å². The molecule has 0 fully saturated rings. The molecule has 3 rings (SSSR count). The van der Waals surface area contributed by atoms with Crippen molar-refractivity contribution < 1.29 is 9.13 Å². The van der Waals surface area contributed by atoms with Crippen LogP contribution >= 0.6 is 0 Å². The molecule has 0 aliphatic rings. The predicted molar refractivity (Wildman–Crippen MR) is 109 cm³/mol. The van der Waals surface area contributed by atoms with Crippen LogP contribution in [0.4, 0.5) is 16.3 Å². The Morgan fingerprint density at radius 2 is 1.86 bits per heavy atom. The number of hydrogen-bond donors (Lipinski definition) is 1. The number of aromatic nitrogens is 3. The normalized spacial score (nSPS) is 11.0. The van der Waals surface area contributed by atoms with Gasteiger partial charge in [-0.05, 0) is 29.8 Å². The second-order valence-corrected chi connectivity index (χ2v) is 6.33. The summed E-state index contributed by atoms with van der Waals surface area (Å²) in [7, 11) is 3.54. The Bertz CT molecular complexity index is 1070. The van der Waals surface area contributed by atoms with Crippen LogP contribution in [0.25, 0.3) is 11.6 Å². The third kappa shape index (κ3) is 5.05. The highest BCUT2D eigenvalue weighted by Gasteiger charge is 2.11. The van der Waals surface area contributed by atoms with Crippen LogP contribution in [0.2, 0.25) is 0 Å². The second-order valence-electron chi connectivity index (χ2n) is 6.33. The first-order valence-electron chi connectivity index (χ1n) is 8.73. The fourth-order valence-electron chi connectivity index (χ4n) is 2.45. The molecule has 0 saturated carbocycles. The topological polar surface area (TPSA) is 101 Å². The zero-order chi connectivity index (χ0) is 20.8. The van der Waals surface area contributed by atoms with E-state index in [4.69, 9.17) is 10.5 Å². The van der Waals surface area contributed by atoms with Gasteiger partial charge >= 0.3 is 0 Å². The fourth-order valence-corrected chi connectivity index (χ4v) is 2.45. The SMILES string of the molecule is CN(C)c1nc(N)nc(/C(C#N)=C/c2ccc(OCc3ccccc3F)cc2)n1. The maximum absolute atomic E-state index is 13.7. The van der Waals surface area contributed by atoms with Crippen LogP contribution in [0, 0.1) is 17.1 Å². The van der Waals surface area contributed by atoms with Crippen LogP contribution in [0.15, 0.2) is 48.5 Å². The van der Waals surface area contributed by atoms with E-state index in [0.29, 0.717) is 17.3 Å². The lowest BCUT2D eigenvalue weighted by atomic mass is 10.1. The number of rotatable bonds is 6. The molecule has 0 bridgehead atoms. The van der Waals surface area contributed by atoms with Crippen LogP contribution in [-0.4, -0.2) is 29.0 Å². The number of nitrogen functional groups attached to an aromatic ring is 1. The average molecular weight is 390 g/mol. The van der Waals surface area contributed by atoms with Crippen LogP contribution in [0.5, 0.6) is 5.75 Å². The van der Waals surface area contributed by atoms with E-state index in [1.54, 1.807) is 67.5 Å². The summed E-state index contributed by atoms with van der Waals surface area (Å²) in [5.41, 5.74) is 7.21. The molecule has 2 N–H and O–H groups in total. The third-order valence-corrected chi connectivity index (χ3v) is 3.95. The van der Waals surface area contributed by atoms with Crippen molar-refractivity contribution in [1.82, 2.24) is 15.0 Å². The molecule has 0 atom stereocenters. The number of nitrogens with zero attached hydrogens (tertiary/aromatic N) is 5. The molecule has 1 aromatic heterocycles. The van der Waals surface area contributed by atoms with E-state index in [2.05, 4.69) is 21.0 Å². The first kappa shape index (κ1) is 19.8. The van der Waals surface area contributed by atoms with Crippen molar-refractivity contribution in [2.75, 3.05) is 24.7 Å². The highest BCUT2D eigenvalue weighted by Crippen LogP contribution is 2.20. The van der Waals surface area contributed by atoms with Gasteiger partial charge in [-0.25, -0.2) is 4.39 Å². The second kappa shape index (κ2) is 8.80. The Balaban J connectivity index is 1.77. The molecule has 0 saturated heterocycles. The molecule has 0 radical (unpaired) electrons. The summed E-state index contributed by atoms with van der Waals surface area (Å²) >= 11 is 0. The van der Waals surface area contributed by atoms with Gasteiger partial charge in [0.1, 0.15) is 24.2 Å². The zero-order valence-electron chi connectivity index (χ0n) is 16.0. The summed E-state index contributed by atoms with van der Waals surface area (Å²) in [5, 5.41) is 9.52. The van der Waals surface area contributed by atoms with Crippen molar-refractivity contribution in [3.8, 4) is 11.8 Å². The Morgan fingerprint density at radius 3 is 2.52 bits per heavy atom. The number of ether oxygens (including phenoxy) is 1. The van der Waals surface area contributed by atoms with Crippen molar-refractivity contribution in [2.24, 2.45) is 0 Å². The maximum Gasteiger partial charge on any atom is 0.230 e. The van der Waals surface area contributed by atoms with E-state index < -0.39 is 0 Å². The predicted octanol–water partition coefficient (Wildman–Crippen LogP) is 3.30. The molecule has 0 spiro atoms. The summed E-state index contributed by atoms with van der Waals surface area (Å²) in [4.78, 5) is 14.0. The molecule has 0 aliphatic heterocycles. The van der Waals surface area contributed by atoms with Crippen LogP contribution in [0.1, 0.15) is 17.0 Å². The molecule has 0 aliphatic carbocycles. The van der Waals surface area contributed by atoms with Gasteiger partial charge in [0.05, 0.1) is 5.57 Å². The first-order chi connectivity index (χ1) is 14.0. The van der Waals surface area contributed by atoms with Gasteiger partial charge in [-0.1, -0.05) is 30.3 Å². The molecule has 1 heterocycles. The van der Waals surface area contributed by atoms with Crippen molar-refractivity contribution in [3.05, 3.63) is 71.3 Å². The van der Waals surface area contributed by atoms with E-state index in [1.807, 2.05) is 0 Å². The van der Waals surface area contributed by atoms with E-state index >= 15 is 0 Å². The van der Waals surface area contributed by atoms with E-state index in [0.717, 1.165) is 5.56 Å². The first-order valence-corrected chi connectivity index (χ1v) is 8.73. The van der Waals surface area contributed by atoms with Crippen LogP contribution in [0.3, 0.4) is 0 Å². The number of nitrogens with two attached hydrogens (primary N) is 1. The number of benzene rings is 2. The van der Waals surface area contributed by atoms with Crippen LogP contribution in [-0.2, 0) is 6.61 Å². The number of anilines is 2. The molecular formula is C21H19FN6O. The summed E-state index contributed by atoms with van der Waals surface area (Å²) in [5.74, 6) is 0.883. The van der Waals surface area contributed by atoms with Crippen molar-refractivity contribution >= 4 is 23.5 Å². The Kier molecular flexibility index (Phi) is 6.00. The minimum absolute atomic E-state index is 0.0387. The minimum atomic E-state index is -0.306. The quantitative estimate of drug-likeness (QED) is 0.644. The zero-order valence-corrected chi connectivity index (χ0v) is 16.0. The average Bonchev–Trinajstić information content (AvgIpc) is 2.71. The molecule has 146 valence electrons. The van der Waals surface area contributed by atoms with Gasteiger partial charge in [-0.2, -0.15) is 20.2 Å². The Labute approximate surface area is 167 Å². The standard InChI is InChI=1S/C21H19FN6O/c1-28(2)21-26-19(25-20(24)27-21)16(12-23)11-14-7-9-17(10-8-14)29-13-15-5-3-4-6-18(15)22/h3-11H,13H2,1-2H3,(H2,24,25,26,27)/b16-11+. The molecule has 29 heavy (non-hydrogen) atoms. The number of hydrogen-bond acceptors (Lipinski definition) is 7. The molecule has 2 aromatic carbocycles. The lowest BCUT2D eigenvalue weighted by molar-refractivity contribution is 0.300. The summed E-state index contributed by atoms with van der Waals surface area (Å²) in [6.07, 6.45) is 1.65. The molecule has 7 nitrogen and oxygen atoms in total.